The summed E-state index contributed by atoms with van der Waals surface area (Å²) >= 11 is 0. The highest BCUT2D eigenvalue weighted by Crippen LogP contribution is 2.32. The molecule has 0 bridgehead atoms. The van der Waals surface area contributed by atoms with Crippen molar-refractivity contribution in [2.75, 3.05) is 13.2 Å². The normalized spacial score (nSPS) is 12.8. The second kappa shape index (κ2) is 12.1. The van der Waals surface area contributed by atoms with Crippen LogP contribution in [0.2, 0.25) is 0 Å². The summed E-state index contributed by atoms with van der Waals surface area (Å²) in [6.45, 7) is 2.59. The van der Waals surface area contributed by atoms with E-state index in [2.05, 4.69) is 9.97 Å². The van der Waals surface area contributed by atoms with E-state index in [9.17, 15) is 30.6 Å². The van der Waals surface area contributed by atoms with Crippen molar-refractivity contribution in [3.05, 3.63) is 71.0 Å². The number of ether oxygens (including phenoxy) is 2. The fraction of sp³-hybridized carbons (Fsp3) is 0.296. The Morgan fingerprint density at radius 3 is 2.38 bits per heavy atom. The van der Waals surface area contributed by atoms with Crippen LogP contribution < -0.4 is 9.47 Å². The molecule has 0 aliphatic rings. The zero-order valence-corrected chi connectivity index (χ0v) is 24.3. The molecule has 10 nitrogen and oxygen atoms in total. The third-order valence-corrected chi connectivity index (χ3v) is 9.45. The van der Waals surface area contributed by atoms with Gasteiger partial charge in [0, 0.05) is 11.8 Å². The Morgan fingerprint density at radius 1 is 1.10 bits per heavy atom. The number of hydrogen-bond acceptors (Lipinski definition) is 8. The Labute approximate surface area is 241 Å². The fourth-order valence-corrected chi connectivity index (χ4v) is 7.92. The number of carbonyl (C=O) groups is 1. The number of halogens is 3. The molecular formula is C27H26F3N3O7S2. The maximum Gasteiger partial charge on any atom is 0.422 e. The molecule has 0 spiro atoms. The van der Waals surface area contributed by atoms with Crippen molar-refractivity contribution in [3.63, 3.8) is 0 Å². The van der Waals surface area contributed by atoms with Crippen LogP contribution >= 0.6 is 0 Å². The number of aryl methyl sites for hydroxylation is 2. The Balaban J connectivity index is 1.79. The first kappa shape index (κ1) is 31.0. The Kier molecular flexibility index (Phi) is 8.92. The van der Waals surface area contributed by atoms with Gasteiger partial charge in [0.2, 0.25) is 5.16 Å². The van der Waals surface area contributed by atoms with Crippen molar-refractivity contribution < 1.29 is 45.2 Å². The number of benzene rings is 2. The zero-order chi connectivity index (χ0) is 30.8. The summed E-state index contributed by atoms with van der Waals surface area (Å²) in [6.07, 6.45) is -3.11. The quantitative estimate of drug-likeness (QED) is 0.254. The molecule has 0 saturated carbocycles. The van der Waals surface area contributed by atoms with E-state index in [1.54, 1.807) is 25.1 Å². The van der Waals surface area contributed by atoms with Crippen LogP contribution in [0.15, 0.2) is 58.7 Å². The van der Waals surface area contributed by atoms with Crippen molar-refractivity contribution in [1.82, 2.24) is 13.9 Å². The number of pyridine rings is 1. The van der Waals surface area contributed by atoms with Crippen LogP contribution in [0.4, 0.5) is 13.2 Å². The van der Waals surface area contributed by atoms with E-state index in [0.717, 1.165) is 3.97 Å². The predicted molar refractivity (Wildman–Crippen MR) is 147 cm³/mol. The minimum Gasteiger partial charge on any atom is -0.484 e. The van der Waals surface area contributed by atoms with Crippen LogP contribution in [0.3, 0.4) is 0 Å². The molecule has 42 heavy (non-hydrogen) atoms. The summed E-state index contributed by atoms with van der Waals surface area (Å²) in [5.74, 6) is -1.44. The van der Waals surface area contributed by atoms with E-state index in [1.807, 2.05) is 0 Å². The molecule has 2 heterocycles. The van der Waals surface area contributed by atoms with E-state index in [1.165, 1.54) is 44.3 Å². The van der Waals surface area contributed by atoms with Crippen LogP contribution in [-0.2, 0) is 37.8 Å². The third-order valence-electron chi connectivity index (χ3n) is 6.10. The van der Waals surface area contributed by atoms with Gasteiger partial charge in [-0.2, -0.15) is 13.2 Å². The zero-order valence-electron chi connectivity index (χ0n) is 22.6. The predicted octanol–water partition coefficient (Wildman–Crippen LogP) is 4.56. The Morgan fingerprint density at radius 2 is 1.76 bits per heavy atom. The molecule has 1 atom stereocenters. The summed E-state index contributed by atoms with van der Waals surface area (Å²) in [4.78, 5) is 19.3. The molecule has 15 heteroatoms. The monoisotopic (exact) mass is 625 g/mol. The van der Waals surface area contributed by atoms with Crippen LogP contribution in [0.1, 0.15) is 29.3 Å². The summed E-state index contributed by atoms with van der Waals surface area (Å²) < 4.78 is 91.5. The van der Waals surface area contributed by atoms with Gasteiger partial charge in [0.25, 0.3) is 10.0 Å². The standard InChI is InChI=1S/C27H26F3N3O7S2/c1-4-19-21(31-10-9-23(19)40-15-27(28,29)30)14-41(36)26-32-20-7-5-6-8-22(20)33(26)42(37,38)25-16(2)11-18(12-17(25)3)39-13-24(34)35/h5-12H,4,13-15H2,1-3H3,(H,34,35). The first-order valence-electron chi connectivity index (χ1n) is 12.5. The lowest BCUT2D eigenvalue weighted by Gasteiger charge is -2.17. The largest absolute Gasteiger partial charge is 0.484 e. The minimum absolute atomic E-state index is 0.0607. The highest BCUT2D eigenvalue weighted by molar-refractivity contribution is 7.91. The van der Waals surface area contributed by atoms with Gasteiger partial charge in [-0.1, -0.05) is 19.1 Å². The van der Waals surface area contributed by atoms with Crippen LogP contribution in [0.5, 0.6) is 11.5 Å². The van der Waals surface area contributed by atoms with Gasteiger partial charge >= 0.3 is 12.1 Å². The number of hydrogen-bond donors (Lipinski definition) is 1. The average molecular weight is 626 g/mol. The Hall–Kier alpha value is -3.98. The number of imidazole rings is 1. The summed E-state index contributed by atoms with van der Waals surface area (Å²) in [5.41, 5.74) is 1.43. The lowest BCUT2D eigenvalue weighted by molar-refractivity contribution is -0.153. The van der Waals surface area contributed by atoms with E-state index >= 15 is 0 Å². The van der Waals surface area contributed by atoms with Gasteiger partial charge in [0.05, 0.1) is 38.2 Å². The average Bonchev–Trinajstić information content (AvgIpc) is 3.31. The second-order valence-corrected chi connectivity index (χ2v) is 12.3. The number of carboxylic acid groups (broad SMARTS) is 1. The topological polar surface area (TPSA) is 138 Å². The van der Waals surface area contributed by atoms with Crippen molar-refractivity contribution in [2.45, 2.75) is 49.2 Å². The van der Waals surface area contributed by atoms with Gasteiger partial charge in [-0.25, -0.2) is 22.2 Å². The molecule has 4 rings (SSSR count). The van der Waals surface area contributed by atoms with E-state index in [0.29, 0.717) is 5.56 Å². The second-order valence-electron chi connectivity index (χ2n) is 9.20. The summed E-state index contributed by atoms with van der Waals surface area (Å²) in [7, 11) is -6.55. The summed E-state index contributed by atoms with van der Waals surface area (Å²) in [5, 5.41) is 8.60. The van der Waals surface area contributed by atoms with Crippen molar-refractivity contribution in [3.8, 4) is 11.5 Å². The molecule has 0 aliphatic heterocycles. The van der Waals surface area contributed by atoms with Gasteiger partial charge in [0.15, 0.2) is 13.2 Å². The third kappa shape index (κ3) is 6.57. The minimum atomic E-state index is -4.56. The highest BCUT2D eigenvalue weighted by Gasteiger charge is 2.32. The number of rotatable bonds is 11. The Bertz CT molecular complexity index is 1760. The SMILES string of the molecule is CCc1c(OCC(F)(F)F)ccnc1CS(=O)c1nc2ccccc2n1S(=O)(=O)c1c(C)cc(OCC(=O)O)cc1C. The molecule has 0 aliphatic carbocycles. The lowest BCUT2D eigenvalue weighted by atomic mass is 10.1. The number of alkyl halides is 3. The molecule has 0 amide bonds. The van der Waals surface area contributed by atoms with Crippen LogP contribution in [-0.4, -0.2) is 57.0 Å². The van der Waals surface area contributed by atoms with Gasteiger partial charge in [-0.05, 0) is 61.7 Å². The molecule has 224 valence electrons. The molecule has 0 saturated heterocycles. The smallest absolute Gasteiger partial charge is 0.422 e. The first-order chi connectivity index (χ1) is 19.7. The van der Waals surface area contributed by atoms with Crippen LogP contribution in [0.25, 0.3) is 11.0 Å². The molecular weight excluding hydrogens is 599 g/mol. The number of carboxylic acids is 1. The lowest BCUT2D eigenvalue weighted by Crippen LogP contribution is -2.21. The van der Waals surface area contributed by atoms with Crippen molar-refractivity contribution in [2.24, 2.45) is 0 Å². The number of fused-ring (bicyclic) bond motifs is 1. The first-order valence-corrected chi connectivity index (χ1v) is 15.2. The number of aliphatic carboxylic acids is 1. The van der Waals surface area contributed by atoms with Gasteiger partial charge in [0.1, 0.15) is 11.5 Å². The molecule has 1 N–H and O–H groups in total. The van der Waals surface area contributed by atoms with E-state index in [-0.39, 0.29) is 61.6 Å². The van der Waals surface area contributed by atoms with Crippen molar-refractivity contribution in [1.29, 1.82) is 0 Å². The highest BCUT2D eigenvalue weighted by atomic mass is 32.2. The fourth-order valence-electron chi connectivity index (χ4n) is 4.50. The maximum absolute atomic E-state index is 14.2. The molecule has 0 radical (unpaired) electrons. The number of nitrogens with zero attached hydrogens (tertiary/aromatic N) is 3. The molecule has 2 aromatic carbocycles. The molecule has 2 aromatic heterocycles. The van der Waals surface area contributed by atoms with E-state index in [4.69, 9.17) is 14.6 Å². The number of aromatic nitrogens is 3. The van der Waals surface area contributed by atoms with Gasteiger partial charge < -0.3 is 14.6 Å². The molecule has 1 unspecified atom stereocenters. The van der Waals surface area contributed by atoms with Gasteiger partial charge in [-0.15, -0.1) is 0 Å². The number of para-hydroxylation sites is 2. The molecule has 4 aromatic rings. The van der Waals surface area contributed by atoms with Gasteiger partial charge in [-0.3, -0.25) is 9.19 Å². The van der Waals surface area contributed by atoms with Crippen molar-refractivity contribution >= 4 is 37.8 Å². The maximum atomic E-state index is 14.2. The van der Waals surface area contributed by atoms with E-state index < -0.39 is 46.2 Å². The summed E-state index contributed by atoms with van der Waals surface area (Å²) in [6, 6.07) is 10.4. The molecule has 0 fully saturated rings. The van der Waals surface area contributed by atoms with Crippen LogP contribution in [0, 0.1) is 13.8 Å².